The first kappa shape index (κ1) is 14.2. The van der Waals surface area contributed by atoms with Crippen LogP contribution in [-0.2, 0) is 0 Å². The van der Waals surface area contributed by atoms with Crippen molar-refractivity contribution in [2.45, 2.75) is 26.2 Å². The van der Waals surface area contributed by atoms with Gasteiger partial charge < -0.3 is 15.8 Å². The van der Waals surface area contributed by atoms with E-state index in [0.717, 1.165) is 18.9 Å². The molecular weight excluding hydrogens is 260 g/mol. The van der Waals surface area contributed by atoms with E-state index in [1.165, 1.54) is 30.7 Å². The number of ether oxygens (including phenoxy) is 1. The zero-order chi connectivity index (χ0) is 13.5. The van der Waals surface area contributed by atoms with Crippen molar-refractivity contribution >= 4 is 23.3 Å². The summed E-state index contributed by atoms with van der Waals surface area (Å²) in [5.41, 5.74) is 6.54. The molecule has 19 heavy (non-hydrogen) atoms. The summed E-state index contributed by atoms with van der Waals surface area (Å²) in [5, 5.41) is 3.33. The predicted molar refractivity (Wildman–Crippen MR) is 80.8 cm³/mol. The Bertz CT molecular complexity index is 396. The molecule has 0 atom stereocenters. The second-order valence-corrected chi connectivity index (χ2v) is 5.95. The Hall–Kier alpha value is -1.17. The number of nitrogens with one attached hydrogen (secondary N) is 1. The number of rotatable bonds is 6. The van der Waals surface area contributed by atoms with Crippen LogP contribution in [0.1, 0.15) is 26.2 Å². The van der Waals surface area contributed by atoms with Crippen LogP contribution in [0, 0.1) is 5.92 Å². The average Bonchev–Trinajstić information content (AvgIpc) is 2.46. The van der Waals surface area contributed by atoms with Crippen molar-refractivity contribution in [1.82, 2.24) is 9.97 Å². The molecule has 1 fully saturated rings. The van der Waals surface area contributed by atoms with Gasteiger partial charge in [0.1, 0.15) is 12.0 Å². The van der Waals surface area contributed by atoms with E-state index >= 15 is 0 Å². The minimum Gasteiger partial charge on any atom is -0.476 e. The average molecular weight is 282 g/mol. The van der Waals surface area contributed by atoms with Crippen LogP contribution in [0.15, 0.2) is 6.33 Å². The molecule has 3 N–H and O–H groups in total. The van der Waals surface area contributed by atoms with E-state index in [0.29, 0.717) is 24.0 Å². The maximum Gasteiger partial charge on any atom is 0.242 e. The van der Waals surface area contributed by atoms with Gasteiger partial charge in [0.25, 0.3) is 0 Å². The van der Waals surface area contributed by atoms with Crippen LogP contribution in [0.3, 0.4) is 0 Å². The first-order chi connectivity index (χ1) is 9.31. The molecule has 6 heteroatoms. The van der Waals surface area contributed by atoms with Crippen molar-refractivity contribution < 1.29 is 4.74 Å². The second kappa shape index (κ2) is 7.43. The molecule has 0 unspecified atom stereocenters. The monoisotopic (exact) mass is 282 g/mol. The van der Waals surface area contributed by atoms with E-state index in [9.17, 15) is 0 Å². The number of hydrogen-bond acceptors (Lipinski definition) is 6. The molecule has 1 aromatic rings. The van der Waals surface area contributed by atoms with Gasteiger partial charge in [-0.05, 0) is 36.7 Å². The Balaban J connectivity index is 1.91. The van der Waals surface area contributed by atoms with Crippen molar-refractivity contribution in [3.8, 4) is 5.88 Å². The molecule has 0 spiro atoms. The first-order valence-corrected chi connectivity index (χ1v) is 8.01. The molecule has 1 saturated heterocycles. The zero-order valence-electron chi connectivity index (χ0n) is 11.4. The third-order valence-electron chi connectivity index (χ3n) is 3.19. The standard InChI is InChI=1S/C13H22N4OS/c1-2-5-18-13-11(14)12(16-9-17-13)15-8-10-3-6-19-7-4-10/h9-10H,2-8,14H2,1H3,(H,15,16,17). The van der Waals surface area contributed by atoms with Gasteiger partial charge in [0, 0.05) is 6.54 Å². The highest BCUT2D eigenvalue weighted by Gasteiger charge is 2.15. The minimum absolute atomic E-state index is 0.485. The molecule has 5 nitrogen and oxygen atoms in total. The van der Waals surface area contributed by atoms with Crippen molar-refractivity contribution in [2.24, 2.45) is 5.92 Å². The van der Waals surface area contributed by atoms with Gasteiger partial charge in [-0.1, -0.05) is 6.92 Å². The summed E-state index contributed by atoms with van der Waals surface area (Å²) >= 11 is 2.04. The van der Waals surface area contributed by atoms with Crippen molar-refractivity contribution in [3.05, 3.63) is 6.33 Å². The van der Waals surface area contributed by atoms with E-state index in [1.807, 2.05) is 11.8 Å². The summed E-state index contributed by atoms with van der Waals surface area (Å²) in [4.78, 5) is 8.27. The lowest BCUT2D eigenvalue weighted by Crippen LogP contribution is -2.20. The maximum atomic E-state index is 6.02. The molecule has 2 rings (SSSR count). The molecule has 0 aliphatic carbocycles. The minimum atomic E-state index is 0.485. The number of anilines is 2. The highest BCUT2D eigenvalue weighted by atomic mass is 32.2. The van der Waals surface area contributed by atoms with Gasteiger partial charge in [0.15, 0.2) is 5.82 Å². The van der Waals surface area contributed by atoms with Gasteiger partial charge in [-0.15, -0.1) is 0 Å². The lowest BCUT2D eigenvalue weighted by molar-refractivity contribution is 0.306. The van der Waals surface area contributed by atoms with E-state index in [1.54, 1.807) is 0 Å². The van der Waals surface area contributed by atoms with Gasteiger partial charge in [0.2, 0.25) is 5.88 Å². The van der Waals surface area contributed by atoms with Crippen molar-refractivity contribution in [1.29, 1.82) is 0 Å². The summed E-state index contributed by atoms with van der Waals surface area (Å²) in [7, 11) is 0. The van der Waals surface area contributed by atoms with E-state index < -0.39 is 0 Å². The number of hydrogen-bond donors (Lipinski definition) is 2. The van der Waals surface area contributed by atoms with Gasteiger partial charge in [-0.25, -0.2) is 4.98 Å². The zero-order valence-corrected chi connectivity index (χ0v) is 12.2. The van der Waals surface area contributed by atoms with Crippen LogP contribution in [0.25, 0.3) is 0 Å². The smallest absolute Gasteiger partial charge is 0.242 e. The molecule has 2 heterocycles. The predicted octanol–water partition coefficient (Wildman–Crippen LogP) is 2.40. The number of thioether (sulfide) groups is 1. The molecule has 1 aliphatic heterocycles. The van der Waals surface area contributed by atoms with Crippen LogP contribution in [0.4, 0.5) is 11.5 Å². The van der Waals surface area contributed by atoms with Gasteiger partial charge in [-0.3, -0.25) is 0 Å². The van der Waals surface area contributed by atoms with Crippen molar-refractivity contribution in [2.75, 3.05) is 35.7 Å². The Labute approximate surface area is 118 Å². The highest BCUT2D eigenvalue weighted by molar-refractivity contribution is 7.99. The molecule has 106 valence electrons. The van der Waals surface area contributed by atoms with Crippen LogP contribution < -0.4 is 15.8 Å². The largest absolute Gasteiger partial charge is 0.476 e. The van der Waals surface area contributed by atoms with Crippen LogP contribution in [-0.4, -0.2) is 34.6 Å². The van der Waals surface area contributed by atoms with Gasteiger partial charge in [-0.2, -0.15) is 16.7 Å². The summed E-state index contributed by atoms with van der Waals surface area (Å²) in [6.45, 7) is 3.60. The number of aromatic nitrogens is 2. The second-order valence-electron chi connectivity index (χ2n) is 4.73. The van der Waals surface area contributed by atoms with Gasteiger partial charge in [0.05, 0.1) is 6.61 Å². The fourth-order valence-corrected chi connectivity index (χ4v) is 3.23. The molecule has 0 saturated carbocycles. The Kier molecular flexibility index (Phi) is 5.57. The quantitative estimate of drug-likeness (QED) is 0.834. The lowest BCUT2D eigenvalue weighted by atomic mass is 10.0. The fraction of sp³-hybridized carbons (Fsp3) is 0.692. The first-order valence-electron chi connectivity index (χ1n) is 6.86. The number of nitrogen functional groups attached to an aromatic ring is 1. The Morgan fingerprint density at radius 3 is 2.95 bits per heavy atom. The third kappa shape index (κ3) is 4.16. The van der Waals surface area contributed by atoms with E-state index in [2.05, 4.69) is 22.2 Å². The number of nitrogens with zero attached hydrogens (tertiary/aromatic N) is 2. The Morgan fingerprint density at radius 1 is 1.42 bits per heavy atom. The molecular formula is C13H22N4OS. The van der Waals surface area contributed by atoms with Crippen LogP contribution in [0.2, 0.25) is 0 Å². The van der Waals surface area contributed by atoms with Crippen LogP contribution >= 0.6 is 11.8 Å². The lowest BCUT2D eigenvalue weighted by Gasteiger charge is -2.22. The molecule has 0 radical (unpaired) electrons. The summed E-state index contributed by atoms with van der Waals surface area (Å²) < 4.78 is 5.50. The fourth-order valence-electron chi connectivity index (χ4n) is 2.03. The summed E-state index contributed by atoms with van der Waals surface area (Å²) in [5.74, 6) is 4.42. The SMILES string of the molecule is CCCOc1ncnc(NCC2CCSCC2)c1N. The molecule has 0 bridgehead atoms. The topological polar surface area (TPSA) is 73.1 Å². The Morgan fingerprint density at radius 2 is 2.21 bits per heavy atom. The molecule has 1 aromatic heterocycles. The van der Waals surface area contributed by atoms with Crippen LogP contribution in [0.5, 0.6) is 5.88 Å². The summed E-state index contributed by atoms with van der Waals surface area (Å²) in [6.07, 6.45) is 4.97. The van der Waals surface area contributed by atoms with Gasteiger partial charge >= 0.3 is 0 Å². The molecule has 0 amide bonds. The number of nitrogens with two attached hydrogens (primary N) is 1. The molecule has 1 aliphatic rings. The normalized spacial score (nSPS) is 16.3. The van der Waals surface area contributed by atoms with E-state index in [-0.39, 0.29) is 0 Å². The van der Waals surface area contributed by atoms with Crippen molar-refractivity contribution in [3.63, 3.8) is 0 Å². The van der Waals surface area contributed by atoms with E-state index in [4.69, 9.17) is 10.5 Å². The highest BCUT2D eigenvalue weighted by Crippen LogP contribution is 2.27. The maximum absolute atomic E-state index is 6.02. The molecule has 0 aromatic carbocycles. The summed E-state index contributed by atoms with van der Waals surface area (Å²) in [6, 6.07) is 0. The third-order valence-corrected chi connectivity index (χ3v) is 4.24.